The van der Waals surface area contributed by atoms with Gasteiger partial charge in [0.05, 0.1) is 23.0 Å². The minimum atomic E-state index is -0.698. The van der Waals surface area contributed by atoms with Crippen LogP contribution in [0.25, 0.3) is 10.6 Å². The number of thiophene rings is 1. The number of carbonyl (C=O) groups excluding carboxylic acids is 1. The molecule has 7 nitrogen and oxygen atoms in total. The number of carbonyl (C=O) groups is 2. The average molecular weight is 479 g/mol. The number of anilines is 2. The van der Waals surface area contributed by atoms with Gasteiger partial charge >= 0.3 is 5.97 Å². The minimum Gasteiger partial charge on any atom is -0.481 e. The minimum absolute atomic E-state index is 0.0466. The number of aromatic nitrogens is 2. The summed E-state index contributed by atoms with van der Waals surface area (Å²) in [6.07, 6.45) is 4.88. The van der Waals surface area contributed by atoms with Gasteiger partial charge in [0.2, 0.25) is 5.91 Å². The number of aryl methyl sites for hydroxylation is 1. The Labute approximate surface area is 203 Å². The molecule has 4 rings (SSSR count). The van der Waals surface area contributed by atoms with Crippen LogP contribution in [-0.4, -0.2) is 38.4 Å². The summed E-state index contributed by atoms with van der Waals surface area (Å²) in [6.45, 7) is 4.86. The second-order valence-corrected chi connectivity index (χ2v) is 10.1. The Hall–Kier alpha value is -3.26. The van der Waals surface area contributed by atoms with Crippen molar-refractivity contribution in [3.05, 3.63) is 59.1 Å². The number of amides is 1. The van der Waals surface area contributed by atoms with Crippen molar-refractivity contribution in [2.24, 2.45) is 11.8 Å². The van der Waals surface area contributed by atoms with E-state index in [0.29, 0.717) is 31.8 Å². The van der Waals surface area contributed by atoms with Crippen LogP contribution in [0.15, 0.2) is 48.7 Å². The van der Waals surface area contributed by atoms with E-state index in [4.69, 9.17) is 4.98 Å². The molecule has 0 unspecified atom stereocenters. The molecule has 3 aromatic rings. The van der Waals surface area contributed by atoms with Gasteiger partial charge in [0, 0.05) is 24.5 Å². The Morgan fingerprint density at radius 2 is 1.91 bits per heavy atom. The highest BCUT2D eigenvalue weighted by Gasteiger charge is 2.27. The van der Waals surface area contributed by atoms with E-state index in [1.165, 1.54) is 0 Å². The van der Waals surface area contributed by atoms with Crippen molar-refractivity contribution in [3.63, 3.8) is 0 Å². The van der Waals surface area contributed by atoms with Crippen LogP contribution in [0.4, 0.5) is 11.6 Å². The van der Waals surface area contributed by atoms with Crippen molar-refractivity contribution in [2.75, 3.05) is 11.9 Å². The van der Waals surface area contributed by atoms with E-state index >= 15 is 0 Å². The third-order valence-electron chi connectivity index (χ3n) is 6.30. The van der Waals surface area contributed by atoms with Crippen LogP contribution in [-0.2, 0) is 16.1 Å². The van der Waals surface area contributed by atoms with Crippen LogP contribution in [0.3, 0.4) is 0 Å². The molecule has 0 spiro atoms. The zero-order chi connectivity index (χ0) is 24.1. The fourth-order valence-corrected chi connectivity index (χ4v) is 5.37. The standard InChI is InChI=1S/C26H30N4O3S/c1-17-12-13-27-25(14-17)29-24-5-3-4-22(28-24)23-11-10-21(34-23)16-30(18(2)31)15-19-6-8-20(9-7-19)26(32)33/h3-5,10-14,19-20H,6-9,15-16H2,1-2H3,(H,32,33)(H,27,28,29)/t19-,20-. The number of hydrogen-bond acceptors (Lipinski definition) is 6. The molecule has 1 saturated carbocycles. The van der Waals surface area contributed by atoms with Gasteiger partial charge in [-0.05, 0) is 80.5 Å². The van der Waals surface area contributed by atoms with Gasteiger partial charge < -0.3 is 15.3 Å². The van der Waals surface area contributed by atoms with Gasteiger partial charge in [0.1, 0.15) is 11.6 Å². The van der Waals surface area contributed by atoms with E-state index in [1.54, 1.807) is 24.5 Å². The van der Waals surface area contributed by atoms with Crippen LogP contribution in [0.1, 0.15) is 43.0 Å². The SMILES string of the molecule is CC(=O)N(Cc1ccc(-c2cccc(Nc3cc(C)ccn3)n2)s1)C[C@H]1CC[C@H](C(=O)O)CC1. The molecular weight excluding hydrogens is 448 g/mol. The van der Waals surface area contributed by atoms with E-state index in [2.05, 4.69) is 16.4 Å². The van der Waals surface area contributed by atoms with Crippen LogP contribution in [0.2, 0.25) is 0 Å². The second kappa shape index (κ2) is 10.8. The predicted octanol–water partition coefficient (Wildman–Crippen LogP) is 5.50. The first-order chi connectivity index (χ1) is 16.4. The van der Waals surface area contributed by atoms with Crippen LogP contribution >= 0.6 is 11.3 Å². The predicted molar refractivity (Wildman–Crippen MR) is 134 cm³/mol. The lowest BCUT2D eigenvalue weighted by Crippen LogP contribution is -2.35. The third kappa shape index (κ3) is 6.20. The van der Waals surface area contributed by atoms with Crippen LogP contribution < -0.4 is 5.32 Å². The molecule has 1 fully saturated rings. The van der Waals surface area contributed by atoms with E-state index in [9.17, 15) is 14.7 Å². The molecule has 0 aliphatic heterocycles. The van der Waals surface area contributed by atoms with Gasteiger partial charge in [0.25, 0.3) is 0 Å². The smallest absolute Gasteiger partial charge is 0.306 e. The first-order valence-corrected chi connectivity index (χ1v) is 12.4. The fourth-order valence-electron chi connectivity index (χ4n) is 4.37. The number of nitrogens with one attached hydrogen (secondary N) is 1. The second-order valence-electron chi connectivity index (χ2n) is 8.97. The number of carboxylic acids is 1. The van der Waals surface area contributed by atoms with Gasteiger partial charge in [-0.25, -0.2) is 9.97 Å². The van der Waals surface area contributed by atoms with Crippen molar-refractivity contribution in [1.29, 1.82) is 0 Å². The van der Waals surface area contributed by atoms with Crippen molar-refractivity contribution in [2.45, 2.75) is 46.1 Å². The van der Waals surface area contributed by atoms with Crippen molar-refractivity contribution in [1.82, 2.24) is 14.9 Å². The van der Waals surface area contributed by atoms with Crippen molar-refractivity contribution >= 4 is 34.8 Å². The summed E-state index contributed by atoms with van der Waals surface area (Å²) in [5.74, 6) is 0.958. The van der Waals surface area contributed by atoms with E-state index in [0.717, 1.165) is 45.5 Å². The number of aliphatic carboxylic acids is 1. The summed E-state index contributed by atoms with van der Waals surface area (Å²) >= 11 is 1.64. The Kier molecular flexibility index (Phi) is 7.57. The zero-order valence-electron chi connectivity index (χ0n) is 19.5. The molecule has 3 heterocycles. The average Bonchev–Trinajstić information content (AvgIpc) is 3.28. The van der Waals surface area contributed by atoms with Gasteiger partial charge in [-0.3, -0.25) is 9.59 Å². The van der Waals surface area contributed by atoms with Gasteiger partial charge in [-0.15, -0.1) is 11.3 Å². The maximum atomic E-state index is 12.3. The molecule has 0 saturated heterocycles. The highest BCUT2D eigenvalue weighted by Crippen LogP contribution is 2.32. The molecule has 0 radical (unpaired) electrons. The summed E-state index contributed by atoms with van der Waals surface area (Å²) in [5, 5.41) is 12.5. The van der Waals surface area contributed by atoms with E-state index in [-0.39, 0.29) is 11.8 Å². The first kappa shape index (κ1) is 23.9. The topological polar surface area (TPSA) is 95.4 Å². The lowest BCUT2D eigenvalue weighted by Gasteiger charge is -2.31. The quantitative estimate of drug-likeness (QED) is 0.444. The molecule has 0 aromatic carbocycles. The molecule has 3 aromatic heterocycles. The largest absolute Gasteiger partial charge is 0.481 e. The summed E-state index contributed by atoms with van der Waals surface area (Å²) in [5.41, 5.74) is 2.00. The number of pyridine rings is 2. The van der Waals surface area contributed by atoms with Crippen molar-refractivity contribution < 1.29 is 14.7 Å². The normalized spacial score (nSPS) is 17.8. The Balaban J connectivity index is 1.40. The van der Waals surface area contributed by atoms with Gasteiger partial charge in [0.15, 0.2) is 0 Å². The Bertz CT molecular complexity index is 1150. The molecular formula is C26H30N4O3S. The molecule has 1 aliphatic carbocycles. The Morgan fingerprint density at radius 3 is 2.62 bits per heavy atom. The van der Waals surface area contributed by atoms with E-state index in [1.807, 2.05) is 48.2 Å². The molecule has 8 heteroatoms. The molecule has 1 aliphatic rings. The maximum Gasteiger partial charge on any atom is 0.306 e. The highest BCUT2D eigenvalue weighted by molar-refractivity contribution is 7.15. The summed E-state index contributed by atoms with van der Waals surface area (Å²) in [6, 6.07) is 13.9. The molecule has 2 N–H and O–H groups in total. The molecule has 178 valence electrons. The number of carboxylic acid groups (broad SMARTS) is 1. The third-order valence-corrected chi connectivity index (χ3v) is 7.39. The first-order valence-electron chi connectivity index (χ1n) is 11.6. The van der Waals surface area contributed by atoms with Crippen LogP contribution in [0, 0.1) is 18.8 Å². The zero-order valence-corrected chi connectivity index (χ0v) is 20.3. The monoisotopic (exact) mass is 478 g/mol. The summed E-state index contributed by atoms with van der Waals surface area (Å²) in [4.78, 5) is 36.6. The van der Waals surface area contributed by atoms with E-state index < -0.39 is 5.97 Å². The van der Waals surface area contributed by atoms with Gasteiger partial charge in [-0.1, -0.05) is 6.07 Å². The number of nitrogens with zero attached hydrogens (tertiary/aromatic N) is 3. The molecule has 0 atom stereocenters. The Morgan fingerprint density at radius 1 is 1.12 bits per heavy atom. The van der Waals surface area contributed by atoms with Gasteiger partial charge in [-0.2, -0.15) is 0 Å². The fraction of sp³-hybridized carbons (Fsp3) is 0.385. The molecule has 34 heavy (non-hydrogen) atoms. The lowest BCUT2D eigenvalue weighted by molar-refractivity contribution is -0.143. The lowest BCUT2D eigenvalue weighted by atomic mass is 9.82. The summed E-state index contributed by atoms with van der Waals surface area (Å²) in [7, 11) is 0. The molecule has 0 bridgehead atoms. The molecule has 1 amide bonds. The number of rotatable bonds is 8. The van der Waals surface area contributed by atoms with Crippen molar-refractivity contribution in [3.8, 4) is 10.6 Å². The van der Waals surface area contributed by atoms with Crippen LogP contribution in [0.5, 0.6) is 0 Å². The highest BCUT2D eigenvalue weighted by atomic mass is 32.1. The number of hydrogen-bond donors (Lipinski definition) is 2. The summed E-state index contributed by atoms with van der Waals surface area (Å²) < 4.78 is 0. The maximum absolute atomic E-state index is 12.3.